The Bertz CT molecular complexity index is 255. The highest BCUT2D eigenvalue weighted by Gasteiger charge is 2.05. The molecule has 0 bridgehead atoms. The zero-order valence-corrected chi connectivity index (χ0v) is 8.90. The normalized spacial score (nSPS) is 11.0. The van der Waals surface area contributed by atoms with Crippen LogP contribution in [-0.4, -0.2) is 23.4 Å². The topological polar surface area (TPSA) is 32.7 Å². The third-order valence-electron chi connectivity index (χ3n) is 1.73. The first-order chi connectivity index (χ1) is 6.59. The molecule has 0 heterocycles. The molecule has 78 valence electrons. The van der Waals surface area contributed by atoms with Crippen LogP contribution in [0.3, 0.4) is 0 Å². The molecule has 3 heteroatoms. The minimum atomic E-state index is 0.153. The summed E-state index contributed by atoms with van der Waals surface area (Å²) in [5.41, 5.74) is 0.992. The van der Waals surface area contributed by atoms with Crippen LogP contribution >= 0.6 is 0 Å². The Morgan fingerprint density at radius 2 is 2.00 bits per heavy atom. The van der Waals surface area contributed by atoms with Gasteiger partial charge in [-0.25, -0.2) is 0 Å². The summed E-state index contributed by atoms with van der Waals surface area (Å²) in [6.07, 6.45) is 0.153. The quantitative estimate of drug-likeness (QED) is 0.748. The molecule has 1 aromatic rings. The van der Waals surface area contributed by atoms with Crippen molar-refractivity contribution >= 4 is 0 Å². The van der Waals surface area contributed by atoms with Gasteiger partial charge >= 0.3 is 0 Å². The summed E-state index contributed by atoms with van der Waals surface area (Å²) in [7, 11) is 1.62. The first-order valence-corrected chi connectivity index (χ1v) is 4.74. The first kappa shape index (κ1) is 11.0. The van der Waals surface area contributed by atoms with Gasteiger partial charge in [-0.05, 0) is 19.9 Å². The van der Waals surface area contributed by atoms with Crippen LogP contribution in [0.4, 0.5) is 0 Å². The zero-order valence-electron chi connectivity index (χ0n) is 8.90. The van der Waals surface area contributed by atoms with Gasteiger partial charge < -0.3 is 9.94 Å². The minimum absolute atomic E-state index is 0.153. The van der Waals surface area contributed by atoms with Crippen molar-refractivity contribution in [1.82, 2.24) is 5.06 Å². The van der Waals surface area contributed by atoms with E-state index in [4.69, 9.17) is 9.94 Å². The molecule has 0 radical (unpaired) electrons. The lowest BCUT2D eigenvalue weighted by Crippen LogP contribution is -2.14. The Morgan fingerprint density at radius 3 is 2.57 bits per heavy atom. The van der Waals surface area contributed by atoms with Crippen molar-refractivity contribution in [2.45, 2.75) is 26.5 Å². The predicted molar refractivity (Wildman–Crippen MR) is 55.5 cm³/mol. The number of ether oxygens (including phenoxy) is 1. The SMILES string of the molecule is CC(C)Oc1ccccc1CN(C)O. The summed E-state index contributed by atoms with van der Waals surface area (Å²) in [6, 6.07) is 7.73. The maximum atomic E-state index is 9.14. The minimum Gasteiger partial charge on any atom is -0.491 e. The van der Waals surface area contributed by atoms with Gasteiger partial charge in [0.1, 0.15) is 5.75 Å². The lowest BCUT2D eigenvalue weighted by molar-refractivity contribution is -0.0737. The predicted octanol–water partition coefficient (Wildman–Crippen LogP) is 2.29. The molecule has 3 nitrogen and oxygen atoms in total. The van der Waals surface area contributed by atoms with E-state index in [9.17, 15) is 0 Å². The molecule has 0 saturated heterocycles. The van der Waals surface area contributed by atoms with Crippen LogP contribution < -0.4 is 4.74 Å². The Hall–Kier alpha value is -1.06. The second-order valence-electron chi connectivity index (χ2n) is 3.59. The van der Waals surface area contributed by atoms with Crippen molar-refractivity contribution in [3.8, 4) is 5.75 Å². The van der Waals surface area contributed by atoms with Crippen molar-refractivity contribution < 1.29 is 9.94 Å². The summed E-state index contributed by atoms with van der Waals surface area (Å²) in [5, 5.41) is 10.3. The number of benzene rings is 1. The standard InChI is InChI=1S/C11H17NO2/c1-9(2)14-11-7-5-4-6-10(11)8-12(3)13/h4-7,9,13H,8H2,1-3H3. The Kier molecular flexibility index (Phi) is 3.92. The average molecular weight is 195 g/mol. The van der Waals surface area contributed by atoms with Crippen molar-refractivity contribution in [2.24, 2.45) is 0 Å². The molecule has 14 heavy (non-hydrogen) atoms. The van der Waals surface area contributed by atoms with Gasteiger partial charge in [-0.1, -0.05) is 18.2 Å². The number of hydrogen-bond acceptors (Lipinski definition) is 3. The molecule has 0 unspecified atom stereocenters. The summed E-state index contributed by atoms with van der Waals surface area (Å²) in [4.78, 5) is 0. The van der Waals surface area contributed by atoms with Crippen molar-refractivity contribution in [2.75, 3.05) is 7.05 Å². The van der Waals surface area contributed by atoms with Crippen molar-refractivity contribution in [3.63, 3.8) is 0 Å². The first-order valence-electron chi connectivity index (χ1n) is 4.74. The van der Waals surface area contributed by atoms with E-state index in [0.717, 1.165) is 16.4 Å². The van der Waals surface area contributed by atoms with E-state index in [-0.39, 0.29) is 6.10 Å². The van der Waals surface area contributed by atoms with Crippen molar-refractivity contribution in [3.05, 3.63) is 29.8 Å². The molecule has 0 saturated carbocycles. The summed E-state index contributed by atoms with van der Waals surface area (Å²) >= 11 is 0. The summed E-state index contributed by atoms with van der Waals surface area (Å²) in [6.45, 7) is 4.45. The van der Waals surface area contributed by atoms with Crippen LogP contribution in [0.5, 0.6) is 5.75 Å². The van der Waals surface area contributed by atoms with Crippen LogP contribution in [0, 0.1) is 0 Å². The van der Waals surface area contributed by atoms with E-state index in [1.54, 1.807) is 7.05 Å². The van der Waals surface area contributed by atoms with Crippen molar-refractivity contribution in [1.29, 1.82) is 0 Å². The molecule has 0 aliphatic heterocycles. The lowest BCUT2D eigenvalue weighted by Gasteiger charge is -2.15. The van der Waals surface area contributed by atoms with E-state index in [0.29, 0.717) is 6.54 Å². The van der Waals surface area contributed by atoms with Crippen LogP contribution in [0.2, 0.25) is 0 Å². The highest BCUT2D eigenvalue weighted by molar-refractivity contribution is 5.33. The molecule has 1 N–H and O–H groups in total. The van der Waals surface area contributed by atoms with E-state index in [2.05, 4.69) is 0 Å². The van der Waals surface area contributed by atoms with Gasteiger partial charge in [0.15, 0.2) is 0 Å². The summed E-state index contributed by atoms with van der Waals surface area (Å²) < 4.78 is 5.61. The average Bonchev–Trinajstić information content (AvgIpc) is 2.06. The Morgan fingerprint density at radius 1 is 1.36 bits per heavy atom. The van der Waals surface area contributed by atoms with Gasteiger partial charge in [0.25, 0.3) is 0 Å². The lowest BCUT2D eigenvalue weighted by atomic mass is 10.2. The Labute approximate surface area is 84.9 Å². The third-order valence-corrected chi connectivity index (χ3v) is 1.73. The van der Waals surface area contributed by atoms with Gasteiger partial charge in [-0.3, -0.25) is 0 Å². The zero-order chi connectivity index (χ0) is 10.6. The summed E-state index contributed by atoms with van der Waals surface area (Å²) in [5.74, 6) is 0.836. The molecular formula is C11H17NO2. The molecule has 0 spiro atoms. The molecule has 0 aromatic heterocycles. The number of rotatable bonds is 4. The number of hydrogen-bond donors (Lipinski definition) is 1. The van der Waals surface area contributed by atoms with Gasteiger partial charge in [0.05, 0.1) is 12.6 Å². The number of hydroxylamine groups is 2. The second-order valence-corrected chi connectivity index (χ2v) is 3.59. The molecule has 1 rings (SSSR count). The molecule has 0 aliphatic carbocycles. The largest absolute Gasteiger partial charge is 0.491 e. The fourth-order valence-corrected chi connectivity index (χ4v) is 1.25. The number of para-hydroxylation sites is 1. The van der Waals surface area contributed by atoms with Gasteiger partial charge in [0.2, 0.25) is 0 Å². The molecule has 0 aliphatic rings. The van der Waals surface area contributed by atoms with E-state index < -0.39 is 0 Å². The smallest absolute Gasteiger partial charge is 0.124 e. The molecule has 1 aromatic carbocycles. The monoisotopic (exact) mass is 195 g/mol. The fraction of sp³-hybridized carbons (Fsp3) is 0.455. The maximum absolute atomic E-state index is 9.14. The van der Waals surface area contributed by atoms with Crippen LogP contribution in [0.15, 0.2) is 24.3 Å². The Balaban J connectivity index is 2.80. The molecular weight excluding hydrogens is 178 g/mol. The number of nitrogens with zero attached hydrogens (tertiary/aromatic N) is 1. The van der Waals surface area contributed by atoms with Gasteiger partial charge in [-0.2, -0.15) is 5.06 Å². The van der Waals surface area contributed by atoms with Crippen LogP contribution in [-0.2, 0) is 6.54 Å². The van der Waals surface area contributed by atoms with Gasteiger partial charge in [-0.15, -0.1) is 0 Å². The highest BCUT2D eigenvalue weighted by Crippen LogP contribution is 2.20. The highest BCUT2D eigenvalue weighted by atomic mass is 16.5. The molecule has 0 amide bonds. The third kappa shape index (κ3) is 3.36. The molecule has 0 fully saturated rings. The van der Waals surface area contributed by atoms with Gasteiger partial charge in [0, 0.05) is 12.6 Å². The molecule has 0 atom stereocenters. The fourth-order valence-electron chi connectivity index (χ4n) is 1.25. The second kappa shape index (κ2) is 4.98. The van der Waals surface area contributed by atoms with Crippen LogP contribution in [0.1, 0.15) is 19.4 Å². The van der Waals surface area contributed by atoms with E-state index >= 15 is 0 Å². The van der Waals surface area contributed by atoms with E-state index in [1.807, 2.05) is 38.1 Å². The van der Waals surface area contributed by atoms with E-state index in [1.165, 1.54) is 0 Å². The van der Waals surface area contributed by atoms with Crippen LogP contribution in [0.25, 0.3) is 0 Å². The maximum Gasteiger partial charge on any atom is 0.124 e.